The van der Waals surface area contributed by atoms with Crippen molar-refractivity contribution >= 4 is 5.91 Å². The largest absolute Gasteiger partial charge is 0.336 e. The number of H-pyrrole nitrogens is 1. The van der Waals surface area contributed by atoms with Crippen LogP contribution in [0.25, 0.3) is 0 Å². The zero-order valence-electron chi connectivity index (χ0n) is 14.4. The molecule has 2 aromatic rings. The number of nitrogens with one attached hydrogen (secondary N) is 1. The number of likely N-dealkylation sites (tertiary alicyclic amines) is 1. The Kier molecular flexibility index (Phi) is 5.25. The molecule has 3 rings (SSSR count). The Morgan fingerprint density at radius 2 is 2.21 bits per heavy atom. The van der Waals surface area contributed by atoms with E-state index in [4.69, 9.17) is 0 Å². The highest BCUT2D eigenvalue weighted by Gasteiger charge is 2.28. The third-order valence-corrected chi connectivity index (χ3v) is 4.67. The predicted molar refractivity (Wildman–Crippen MR) is 92.6 cm³/mol. The third kappa shape index (κ3) is 3.82. The summed E-state index contributed by atoms with van der Waals surface area (Å²) in [6, 6.07) is 6.32. The number of hydrogen-bond acceptors (Lipinski definition) is 4. The van der Waals surface area contributed by atoms with E-state index in [2.05, 4.69) is 39.1 Å². The lowest BCUT2D eigenvalue weighted by molar-refractivity contribution is 0.0564. The van der Waals surface area contributed by atoms with Gasteiger partial charge in [-0.2, -0.15) is 5.10 Å². The van der Waals surface area contributed by atoms with Gasteiger partial charge < -0.3 is 4.90 Å². The molecule has 24 heavy (non-hydrogen) atoms. The molecule has 1 aliphatic heterocycles. The molecule has 6 heteroatoms. The molecule has 1 aliphatic rings. The van der Waals surface area contributed by atoms with E-state index in [1.165, 1.54) is 5.56 Å². The molecule has 128 valence electrons. The van der Waals surface area contributed by atoms with E-state index in [0.29, 0.717) is 11.7 Å². The van der Waals surface area contributed by atoms with E-state index in [1.54, 1.807) is 0 Å². The van der Waals surface area contributed by atoms with Crippen LogP contribution in [-0.2, 0) is 6.54 Å². The molecule has 2 aromatic heterocycles. The molecule has 1 fully saturated rings. The summed E-state index contributed by atoms with van der Waals surface area (Å²) in [6.45, 7) is 7.54. The predicted octanol–water partition coefficient (Wildman–Crippen LogP) is 2.24. The van der Waals surface area contributed by atoms with Crippen LogP contribution in [0.15, 0.2) is 30.6 Å². The van der Waals surface area contributed by atoms with Crippen LogP contribution in [-0.4, -0.2) is 56.6 Å². The van der Waals surface area contributed by atoms with Crippen molar-refractivity contribution in [2.45, 2.75) is 39.3 Å². The topological polar surface area (TPSA) is 65.1 Å². The Labute approximate surface area is 142 Å². The number of carbonyl (C=O) groups excluding carboxylic acids is 1. The molecule has 1 amide bonds. The van der Waals surface area contributed by atoms with Crippen LogP contribution in [0.2, 0.25) is 0 Å². The SMILES string of the molecule is CCN(Cc1ccncc1)C1CCCN(C(=O)c2cc(C)[nH]n2)C1. The molecule has 1 unspecified atom stereocenters. The maximum Gasteiger partial charge on any atom is 0.274 e. The summed E-state index contributed by atoms with van der Waals surface area (Å²) in [5.74, 6) is 0.0315. The minimum atomic E-state index is 0.0315. The molecule has 0 aromatic carbocycles. The van der Waals surface area contributed by atoms with E-state index in [9.17, 15) is 4.79 Å². The number of aromatic amines is 1. The number of pyridine rings is 1. The normalized spacial score (nSPS) is 18.1. The first kappa shape index (κ1) is 16.6. The van der Waals surface area contributed by atoms with Crippen LogP contribution in [0.3, 0.4) is 0 Å². The van der Waals surface area contributed by atoms with Crippen LogP contribution < -0.4 is 0 Å². The van der Waals surface area contributed by atoms with Gasteiger partial charge in [-0.25, -0.2) is 0 Å². The van der Waals surface area contributed by atoms with Crippen molar-refractivity contribution in [2.24, 2.45) is 0 Å². The molecule has 0 bridgehead atoms. The number of aryl methyl sites for hydroxylation is 1. The summed E-state index contributed by atoms with van der Waals surface area (Å²) < 4.78 is 0. The molecule has 0 radical (unpaired) electrons. The molecule has 6 nitrogen and oxygen atoms in total. The molecule has 3 heterocycles. The second-order valence-corrected chi connectivity index (χ2v) is 6.40. The zero-order valence-corrected chi connectivity index (χ0v) is 14.4. The lowest BCUT2D eigenvalue weighted by atomic mass is 10.0. The molecular formula is C18H25N5O. The van der Waals surface area contributed by atoms with Crippen molar-refractivity contribution in [2.75, 3.05) is 19.6 Å². The smallest absolute Gasteiger partial charge is 0.274 e. The molecule has 0 aliphatic carbocycles. The van der Waals surface area contributed by atoms with Crippen LogP contribution in [0.1, 0.15) is 41.5 Å². The standard InChI is InChI=1S/C18H25N5O/c1-3-22(12-15-6-8-19-9-7-15)16-5-4-10-23(13-16)18(24)17-11-14(2)20-21-17/h6-9,11,16H,3-5,10,12-13H2,1-2H3,(H,20,21). The van der Waals surface area contributed by atoms with Crippen molar-refractivity contribution in [3.63, 3.8) is 0 Å². The number of likely N-dealkylation sites (N-methyl/N-ethyl adjacent to an activating group) is 1. The lowest BCUT2D eigenvalue weighted by Gasteiger charge is -2.38. The average molecular weight is 327 g/mol. The number of hydrogen-bond donors (Lipinski definition) is 1. The maximum absolute atomic E-state index is 12.6. The van der Waals surface area contributed by atoms with Gasteiger partial charge in [-0.1, -0.05) is 6.92 Å². The van der Waals surface area contributed by atoms with Crippen LogP contribution in [0.4, 0.5) is 0 Å². The van der Waals surface area contributed by atoms with Gasteiger partial charge in [-0.15, -0.1) is 0 Å². The fourth-order valence-electron chi connectivity index (χ4n) is 3.35. The van der Waals surface area contributed by atoms with E-state index in [1.807, 2.05) is 30.3 Å². The highest BCUT2D eigenvalue weighted by atomic mass is 16.2. The average Bonchev–Trinajstić information content (AvgIpc) is 3.06. The minimum absolute atomic E-state index is 0.0315. The van der Waals surface area contributed by atoms with Crippen molar-refractivity contribution in [3.05, 3.63) is 47.5 Å². The summed E-state index contributed by atoms with van der Waals surface area (Å²) in [6.07, 6.45) is 5.83. The van der Waals surface area contributed by atoms with E-state index in [0.717, 1.165) is 44.7 Å². The molecule has 1 atom stereocenters. The van der Waals surface area contributed by atoms with Gasteiger partial charge in [0, 0.05) is 43.8 Å². The van der Waals surface area contributed by atoms with Crippen LogP contribution >= 0.6 is 0 Å². The van der Waals surface area contributed by atoms with Gasteiger partial charge in [0.2, 0.25) is 0 Å². The Bertz CT molecular complexity index is 669. The number of piperidine rings is 1. The van der Waals surface area contributed by atoms with Crippen molar-refractivity contribution in [1.29, 1.82) is 0 Å². The van der Waals surface area contributed by atoms with Crippen LogP contribution in [0.5, 0.6) is 0 Å². The van der Waals surface area contributed by atoms with Gasteiger partial charge in [0.15, 0.2) is 0 Å². The Hall–Kier alpha value is -2.21. The minimum Gasteiger partial charge on any atom is -0.336 e. The number of amides is 1. The van der Waals surface area contributed by atoms with Crippen molar-refractivity contribution in [3.8, 4) is 0 Å². The summed E-state index contributed by atoms with van der Waals surface area (Å²) >= 11 is 0. The van der Waals surface area contributed by atoms with Crippen molar-refractivity contribution in [1.82, 2.24) is 25.0 Å². The number of aromatic nitrogens is 3. The fraction of sp³-hybridized carbons (Fsp3) is 0.500. The maximum atomic E-state index is 12.6. The second-order valence-electron chi connectivity index (χ2n) is 6.40. The van der Waals surface area contributed by atoms with Gasteiger partial charge in [-0.05, 0) is 50.1 Å². The summed E-state index contributed by atoms with van der Waals surface area (Å²) in [5.41, 5.74) is 2.70. The lowest BCUT2D eigenvalue weighted by Crippen LogP contribution is -2.49. The van der Waals surface area contributed by atoms with E-state index >= 15 is 0 Å². The molecule has 0 saturated carbocycles. The van der Waals surface area contributed by atoms with Gasteiger partial charge in [0.05, 0.1) is 0 Å². The fourth-order valence-corrected chi connectivity index (χ4v) is 3.35. The number of nitrogens with zero attached hydrogens (tertiary/aromatic N) is 4. The summed E-state index contributed by atoms with van der Waals surface area (Å²) in [7, 11) is 0. The van der Waals surface area contributed by atoms with E-state index < -0.39 is 0 Å². The molecule has 1 saturated heterocycles. The van der Waals surface area contributed by atoms with E-state index in [-0.39, 0.29) is 5.91 Å². The number of carbonyl (C=O) groups is 1. The Morgan fingerprint density at radius 3 is 2.88 bits per heavy atom. The highest BCUT2D eigenvalue weighted by molar-refractivity contribution is 5.92. The third-order valence-electron chi connectivity index (χ3n) is 4.67. The van der Waals surface area contributed by atoms with Crippen LogP contribution in [0, 0.1) is 6.92 Å². The summed E-state index contributed by atoms with van der Waals surface area (Å²) in [4.78, 5) is 21.1. The van der Waals surface area contributed by atoms with Crippen molar-refractivity contribution < 1.29 is 4.79 Å². The summed E-state index contributed by atoms with van der Waals surface area (Å²) in [5, 5.41) is 6.96. The highest BCUT2D eigenvalue weighted by Crippen LogP contribution is 2.19. The first-order chi connectivity index (χ1) is 11.7. The van der Waals surface area contributed by atoms with Gasteiger partial charge >= 0.3 is 0 Å². The Balaban J connectivity index is 1.66. The first-order valence-electron chi connectivity index (χ1n) is 8.61. The van der Waals surface area contributed by atoms with Gasteiger partial charge in [0.1, 0.15) is 5.69 Å². The van der Waals surface area contributed by atoms with Gasteiger partial charge in [0.25, 0.3) is 5.91 Å². The molecule has 0 spiro atoms. The zero-order chi connectivity index (χ0) is 16.9. The number of rotatable bonds is 5. The Morgan fingerprint density at radius 1 is 1.42 bits per heavy atom. The quantitative estimate of drug-likeness (QED) is 0.915. The van der Waals surface area contributed by atoms with Gasteiger partial charge in [-0.3, -0.25) is 19.8 Å². The molecule has 1 N–H and O–H groups in total. The molecular weight excluding hydrogens is 302 g/mol. The second kappa shape index (κ2) is 7.57. The first-order valence-corrected chi connectivity index (χ1v) is 8.61. The monoisotopic (exact) mass is 327 g/mol.